The largest absolute Gasteiger partial charge is 0.356 e. The molecule has 7 heteroatoms. The highest BCUT2D eigenvalue weighted by Crippen LogP contribution is 2.35. The Morgan fingerprint density at radius 2 is 1.76 bits per heavy atom. The summed E-state index contributed by atoms with van der Waals surface area (Å²) in [5.74, 6) is 2.75. The van der Waals surface area contributed by atoms with E-state index in [0.29, 0.717) is 12.1 Å². The minimum atomic E-state index is 0.299. The van der Waals surface area contributed by atoms with Gasteiger partial charge in [-0.3, -0.25) is 4.90 Å². The molecule has 0 atom stereocenters. The molecule has 0 unspecified atom stereocenters. The minimum Gasteiger partial charge on any atom is -0.356 e. The molecule has 0 aromatic carbocycles. The number of guanidine groups is 1. The predicted octanol–water partition coefficient (Wildman–Crippen LogP) is 3.15. The number of aliphatic imine (C=N–C) groups is 1. The number of aryl methyl sites for hydroxylation is 1. The van der Waals surface area contributed by atoms with E-state index in [1.54, 1.807) is 0 Å². The lowest BCUT2D eigenvalue weighted by Gasteiger charge is -2.48. The van der Waals surface area contributed by atoms with E-state index in [0.717, 1.165) is 37.1 Å². The van der Waals surface area contributed by atoms with E-state index < -0.39 is 0 Å². The first-order chi connectivity index (χ1) is 14.1. The second-order valence-electron chi connectivity index (χ2n) is 8.85. The van der Waals surface area contributed by atoms with Crippen molar-refractivity contribution in [2.24, 2.45) is 12.0 Å². The van der Waals surface area contributed by atoms with Crippen molar-refractivity contribution in [2.45, 2.75) is 90.1 Å². The molecule has 7 nitrogen and oxygen atoms in total. The number of likely N-dealkylation sites (tertiary alicyclic amines) is 1. The molecule has 2 N–H and O–H groups in total. The van der Waals surface area contributed by atoms with Gasteiger partial charge in [0.25, 0.3) is 0 Å². The zero-order valence-electron chi connectivity index (χ0n) is 18.8. The number of hydrogen-bond donors (Lipinski definition) is 2. The molecule has 164 valence electrons. The van der Waals surface area contributed by atoms with Gasteiger partial charge < -0.3 is 15.2 Å². The maximum absolute atomic E-state index is 4.85. The van der Waals surface area contributed by atoms with Crippen LogP contribution in [0.3, 0.4) is 0 Å². The average molecular weight is 404 g/mol. The first kappa shape index (κ1) is 22.1. The highest BCUT2D eigenvalue weighted by molar-refractivity contribution is 5.79. The Bertz CT molecular complexity index is 640. The number of piperidine rings is 1. The van der Waals surface area contributed by atoms with Gasteiger partial charge in [0.2, 0.25) is 0 Å². The summed E-state index contributed by atoms with van der Waals surface area (Å²) >= 11 is 0. The topological polar surface area (TPSA) is 70.4 Å². The van der Waals surface area contributed by atoms with Crippen LogP contribution >= 0.6 is 0 Å². The quantitative estimate of drug-likeness (QED) is 0.396. The second-order valence-corrected chi connectivity index (χ2v) is 8.85. The van der Waals surface area contributed by atoms with Crippen molar-refractivity contribution in [1.29, 1.82) is 0 Å². The molecule has 29 heavy (non-hydrogen) atoms. The molecular formula is C22H41N7. The number of nitrogens with zero attached hydrogens (tertiary/aromatic N) is 5. The Hall–Kier alpha value is -1.63. The first-order valence-electron chi connectivity index (χ1n) is 11.8. The number of aromatic nitrogens is 3. The number of rotatable bonds is 8. The Morgan fingerprint density at radius 1 is 1.03 bits per heavy atom. The molecule has 3 rings (SSSR count). The van der Waals surface area contributed by atoms with Crippen molar-refractivity contribution in [3.63, 3.8) is 0 Å². The van der Waals surface area contributed by atoms with Gasteiger partial charge in [-0.15, -0.1) is 10.2 Å². The smallest absolute Gasteiger partial charge is 0.191 e. The molecule has 0 radical (unpaired) electrons. The van der Waals surface area contributed by atoms with Crippen molar-refractivity contribution in [2.75, 3.05) is 26.2 Å². The van der Waals surface area contributed by atoms with Crippen molar-refractivity contribution < 1.29 is 0 Å². The highest BCUT2D eigenvalue weighted by atomic mass is 15.3. The molecule has 1 aliphatic carbocycles. The summed E-state index contributed by atoms with van der Waals surface area (Å²) in [6.45, 7) is 9.21. The number of hydrogen-bond acceptors (Lipinski definition) is 4. The zero-order chi connectivity index (χ0) is 20.5. The van der Waals surface area contributed by atoms with Gasteiger partial charge in [0.1, 0.15) is 12.4 Å². The SMILES string of the molecule is CCCCNC(=NCc1nnc(C)n1C)NCC1(N2CCCCC2)CCCCC1. The van der Waals surface area contributed by atoms with E-state index in [2.05, 4.69) is 32.7 Å². The highest BCUT2D eigenvalue weighted by Gasteiger charge is 2.38. The van der Waals surface area contributed by atoms with Crippen molar-refractivity contribution in [3.8, 4) is 0 Å². The van der Waals surface area contributed by atoms with Crippen molar-refractivity contribution >= 4 is 5.96 Å². The predicted molar refractivity (Wildman–Crippen MR) is 119 cm³/mol. The molecule has 1 aromatic heterocycles. The fourth-order valence-corrected chi connectivity index (χ4v) is 4.73. The maximum atomic E-state index is 4.85. The molecule has 2 fully saturated rings. The fourth-order valence-electron chi connectivity index (χ4n) is 4.73. The zero-order valence-corrected chi connectivity index (χ0v) is 18.8. The molecule has 2 heterocycles. The monoisotopic (exact) mass is 403 g/mol. The van der Waals surface area contributed by atoms with E-state index >= 15 is 0 Å². The van der Waals surface area contributed by atoms with E-state index in [4.69, 9.17) is 4.99 Å². The minimum absolute atomic E-state index is 0.299. The van der Waals surface area contributed by atoms with Crippen LogP contribution in [0, 0.1) is 6.92 Å². The first-order valence-corrected chi connectivity index (χ1v) is 11.8. The summed E-state index contributed by atoms with van der Waals surface area (Å²) in [7, 11) is 2.01. The van der Waals surface area contributed by atoms with Crippen molar-refractivity contribution in [3.05, 3.63) is 11.6 Å². The van der Waals surface area contributed by atoms with E-state index in [1.165, 1.54) is 70.9 Å². The van der Waals surface area contributed by atoms with Gasteiger partial charge in [-0.2, -0.15) is 0 Å². The van der Waals surface area contributed by atoms with E-state index in [9.17, 15) is 0 Å². The normalized spacial score (nSPS) is 20.6. The van der Waals surface area contributed by atoms with Gasteiger partial charge in [0.05, 0.1) is 0 Å². The van der Waals surface area contributed by atoms with Crippen LogP contribution in [0.5, 0.6) is 0 Å². The van der Waals surface area contributed by atoms with Gasteiger partial charge in [0, 0.05) is 25.7 Å². The summed E-state index contributed by atoms with van der Waals surface area (Å²) in [5, 5.41) is 15.7. The fraction of sp³-hybridized carbons (Fsp3) is 0.864. The van der Waals surface area contributed by atoms with Crippen LogP contribution in [-0.2, 0) is 13.6 Å². The van der Waals surface area contributed by atoms with E-state index in [-0.39, 0.29) is 0 Å². The lowest BCUT2D eigenvalue weighted by Crippen LogP contribution is -2.59. The molecule has 1 saturated carbocycles. The third-order valence-corrected chi connectivity index (χ3v) is 6.78. The Labute approximate surface area is 176 Å². The summed E-state index contributed by atoms with van der Waals surface area (Å²) in [6, 6.07) is 0. The Balaban J connectivity index is 1.67. The van der Waals surface area contributed by atoms with Crippen LogP contribution in [0.1, 0.15) is 82.8 Å². The summed E-state index contributed by atoms with van der Waals surface area (Å²) in [5.41, 5.74) is 0.299. The third kappa shape index (κ3) is 5.93. The molecule has 1 aromatic rings. The molecule has 0 spiro atoms. The summed E-state index contributed by atoms with van der Waals surface area (Å²) in [6.07, 6.45) is 13.1. The van der Waals surface area contributed by atoms with Crippen LogP contribution in [0.15, 0.2) is 4.99 Å². The standard InChI is InChI=1S/C22H41N7/c1-4-5-14-23-21(24-17-20-27-26-19(2)28(20)3)25-18-22(12-8-6-9-13-22)29-15-10-7-11-16-29/h4-18H2,1-3H3,(H2,23,24,25). The van der Waals surface area contributed by atoms with Crippen LogP contribution < -0.4 is 10.6 Å². The number of nitrogens with one attached hydrogen (secondary N) is 2. The lowest BCUT2D eigenvalue weighted by atomic mass is 9.79. The van der Waals surface area contributed by atoms with Crippen LogP contribution in [0.2, 0.25) is 0 Å². The maximum Gasteiger partial charge on any atom is 0.191 e. The summed E-state index contributed by atoms with van der Waals surface area (Å²) in [4.78, 5) is 7.64. The van der Waals surface area contributed by atoms with Gasteiger partial charge in [0.15, 0.2) is 11.8 Å². The van der Waals surface area contributed by atoms with E-state index in [1.807, 2.05) is 18.5 Å². The molecule has 2 aliphatic rings. The van der Waals surface area contributed by atoms with Crippen LogP contribution in [0.25, 0.3) is 0 Å². The summed E-state index contributed by atoms with van der Waals surface area (Å²) < 4.78 is 2.02. The third-order valence-electron chi connectivity index (χ3n) is 6.78. The van der Waals surface area contributed by atoms with Gasteiger partial charge >= 0.3 is 0 Å². The molecule has 1 aliphatic heterocycles. The van der Waals surface area contributed by atoms with Gasteiger partial charge in [-0.25, -0.2) is 4.99 Å². The van der Waals surface area contributed by atoms with Gasteiger partial charge in [-0.05, 0) is 52.1 Å². The van der Waals surface area contributed by atoms with Gasteiger partial charge in [-0.1, -0.05) is 39.0 Å². The second kappa shape index (κ2) is 11.0. The lowest BCUT2D eigenvalue weighted by molar-refractivity contribution is 0.0368. The Morgan fingerprint density at radius 3 is 2.41 bits per heavy atom. The van der Waals surface area contributed by atoms with Crippen molar-refractivity contribution in [1.82, 2.24) is 30.3 Å². The average Bonchev–Trinajstić information content (AvgIpc) is 3.09. The molecule has 1 saturated heterocycles. The molecular weight excluding hydrogens is 362 g/mol. The van der Waals surface area contributed by atoms with Crippen LogP contribution in [-0.4, -0.2) is 57.3 Å². The van der Waals surface area contributed by atoms with Crippen LogP contribution in [0.4, 0.5) is 0 Å². The molecule has 0 amide bonds. The number of unbranched alkanes of at least 4 members (excludes halogenated alkanes) is 1. The Kier molecular flexibility index (Phi) is 8.33. The molecule has 0 bridgehead atoms.